The van der Waals surface area contributed by atoms with Crippen molar-refractivity contribution in [1.29, 1.82) is 0 Å². The van der Waals surface area contributed by atoms with Gasteiger partial charge in [0.15, 0.2) is 0 Å². The first-order valence-electron chi connectivity index (χ1n) is 6.71. The van der Waals surface area contributed by atoms with Gasteiger partial charge in [0, 0.05) is 11.6 Å². The van der Waals surface area contributed by atoms with Gasteiger partial charge < -0.3 is 5.73 Å². The molecule has 104 valence electrons. The summed E-state index contributed by atoms with van der Waals surface area (Å²) in [5, 5.41) is 10.7. The number of hydrogen-bond donors (Lipinski definition) is 1. The third-order valence-corrected chi connectivity index (χ3v) is 3.81. The van der Waals surface area contributed by atoms with Crippen molar-refractivity contribution in [2.24, 2.45) is 5.73 Å². The molecule has 1 aliphatic carbocycles. The van der Waals surface area contributed by atoms with Crippen LogP contribution in [0.5, 0.6) is 0 Å². The zero-order valence-electron chi connectivity index (χ0n) is 10.9. The molecule has 1 saturated carbocycles. The summed E-state index contributed by atoms with van der Waals surface area (Å²) in [4.78, 5) is 10.2. The van der Waals surface area contributed by atoms with Gasteiger partial charge in [0.05, 0.1) is 11.0 Å². The minimum atomic E-state index is -0.568. The van der Waals surface area contributed by atoms with Gasteiger partial charge in [0.1, 0.15) is 5.82 Å². The second-order valence-electron chi connectivity index (χ2n) is 5.53. The van der Waals surface area contributed by atoms with Crippen molar-refractivity contribution < 1.29 is 9.31 Å². The Morgan fingerprint density at radius 1 is 1.21 bits per heavy atom. The summed E-state index contributed by atoms with van der Waals surface area (Å²) in [6.45, 7) is 0. The minimum Gasteiger partial charge on any atom is -0.325 e. The van der Waals surface area contributed by atoms with Crippen molar-refractivity contribution in [1.82, 2.24) is 0 Å². The molecule has 0 saturated heterocycles. The Balaban J connectivity index is 2.19. The maximum atomic E-state index is 13.4. The number of benzene rings is 1. The average Bonchev–Trinajstić information content (AvgIpc) is 2.53. The average molecular weight is 266 g/mol. The lowest BCUT2D eigenvalue weighted by molar-refractivity contribution is -0.385. The predicted octanol–water partition coefficient (Wildman–Crippen LogP) is 3.33. The van der Waals surface area contributed by atoms with Crippen LogP contribution in [0.4, 0.5) is 10.1 Å². The van der Waals surface area contributed by atoms with E-state index in [1.54, 1.807) is 0 Å². The van der Waals surface area contributed by atoms with Gasteiger partial charge in [-0.05, 0) is 30.9 Å². The Morgan fingerprint density at radius 2 is 1.84 bits per heavy atom. The van der Waals surface area contributed by atoms with E-state index in [2.05, 4.69) is 0 Å². The highest BCUT2D eigenvalue weighted by atomic mass is 19.1. The smallest absolute Gasteiger partial charge is 0.272 e. The SMILES string of the molecule is NC1(Cc2cc(F)cc([N+](=O)[O-])c2)CCCCCC1. The molecule has 0 unspecified atom stereocenters. The van der Waals surface area contributed by atoms with Crippen LogP contribution in [0.2, 0.25) is 0 Å². The van der Waals surface area contributed by atoms with Crippen LogP contribution in [-0.2, 0) is 6.42 Å². The normalized spacial score (nSPS) is 18.8. The van der Waals surface area contributed by atoms with Crippen LogP contribution in [0.3, 0.4) is 0 Å². The zero-order chi connectivity index (χ0) is 13.9. The number of nitro groups is 1. The summed E-state index contributed by atoms with van der Waals surface area (Å²) < 4.78 is 13.4. The second-order valence-corrected chi connectivity index (χ2v) is 5.53. The Kier molecular flexibility index (Phi) is 4.14. The number of rotatable bonds is 3. The molecule has 0 heterocycles. The molecule has 0 aromatic heterocycles. The molecule has 2 N–H and O–H groups in total. The summed E-state index contributed by atoms with van der Waals surface area (Å²) in [5.41, 5.74) is 6.45. The topological polar surface area (TPSA) is 69.2 Å². The summed E-state index contributed by atoms with van der Waals surface area (Å²) >= 11 is 0. The zero-order valence-corrected chi connectivity index (χ0v) is 10.9. The van der Waals surface area contributed by atoms with Gasteiger partial charge in [0.25, 0.3) is 5.69 Å². The lowest BCUT2D eigenvalue weighted by Gasteiger charge is -2.28. The van der Waals surface area contributed by atoms with E-state index in [0.29, 0.717) is 12.0 Å². The van der Waals surface area contributed by atoms with Gasteiger partial charge in [-0.2, -0.15) is 0 Å². The number of nitro benzene ring substituents is 1. The molecular formula is C14H19FN2O2. The first-order valence-corrected chi connectivity index (χ1v) is 6.71. The molecule has 5 heteroatoms. The fourth-order valence-corrected chi connectivity index (χ4v) is 2.86. The highest BCUT2D eigenvalue weighted by molar-refractivity contribution is 5.36. The van der Waals surface area contributed by atoms with Gasteiger partial charge in [0.2, 0.25) is 0 Å². The van der Waals surface area contributed by atoms with E-state index in [0.717, 1.165) is 31.7 Å². The summed E-state index contributed by atoms with van der Waals surface area (Å²) in [7, 11) is 0. The molecule has 1 aromatic rings. The fourth-order valence-electron chi connectivity index (χ4n) is 2.86. The van der Waals surface area contributed by atoms with E-state index in [1.807, 2.05) is 0 Å². The second kappa shape index (κ2) is 5.65. The van der Waals surface area contributed by atoms with Crippen molar-refractivity contribution in [3.63, 3.8) is 0 Å². The van der Waals surface area contributed by atoms with Crippen LogP contribution in [-0.4, -0.2) is 10.5 Å². The first-order chi connectivity index (χ1) is 8.98. The molecule has 0 aliphatic heterocycles. The highest BCUT2D eigenvalue weighted by Crippen LogP contribution is 2.29. The van der Waals surface area contributed by atoms with Gasteiger partial charge >= 0.3 is 0 Å². The van der Waals surface area contributed by atoms with Crippen LogP contribution >= 0.6 is 0 Å². The van der Waals surface area contributed by atoms with Crippen molar-refractivity contribution in [3.05, 3.63) is 39.7 Å². The summed E-state index contributed by atoms with van der Waals surface area (Å²) in [5.74, 6) is -0.568. The number of non-ortho nitro benzene ring substituents is 1. The molecule has 1 fully saturated rings. The van der Waals surface area contributed by atoms with E-state index >= 15 is 0 Å². The Bertz CT molecular complexity index is 469. The van der Waals surface area contributed by atoms with E-state index in [9.17, 15) is 14.5 Å². The monoisotopic (exact) mass is 266 g/mol. The van der Waals surface area contributed by atoms with Crippen LogP contribution in [0.1, 0.15) is 44.1 Å². The predicted molar refractivity (Wildman–Crippen MR) is 71.4 cm³/mol. The lowest BCUT2D eigenvalue weighted by Crippen LogP contribution is -2.41. The summed E-state index contributed by atoms with van der Waals surface area (Å²) in [6.07, 6.45) is 6.83. The molecule has 2 rings (SSSR count). The maximum absolute atomic E-state index is 13.4. The molecule has 19 heavy (non-hydrogen) atoms. The molecule has 1 aliphatic rings. The summed E-state index contributed by atoms with van der Waals surface area (Å²) in [6, 6.07) is 3.73. The Morgan fingerprint density at radius 3 is 2.42 bits per heavy atom. The van der Waals surface area contributed by atoms with Gasteiger partial charge in [-0.1, -0.05) is 25.7 Å². The van der Waals surface area contributed by atoms with Crippen molar-refractivity contribution in [2.75, 3.05) is 0 Å². The number of hydrogen-bond acceptors (Lipinski definition) is 3. The third-order valence-electron chi connectivity index (χ3n) is 3.81. The lowest BCUT2D eigenvalue weighted by atomic mass is 9.85. The van der Waals surface area contributed by atoms with Crippen LogP contribution in [0, 0.1) is 15.9 Å². The molecule has 4 nitrogen and oxygen atoms in total. The fraction of sp³-hybridized carbons (Fsp3) is 0.571. The van der Waals surface area contributed by atoms with Gasteiger partial charge in [-0.15, -0.1) is 0 Å². The molecule has 1 aromatic carbocycles. The minimum absolute atomic E-state index is 0.202. The van der Waals surface area contributed by atoms with Gasteiger partial charge in [-0.3, -0.25) is 10.1 Å². The number of halogens is 1. The highest BCUT2D eigenvalue weighted by Gasteiger charge is 2.27. The van der Waals surface area contributed by atoms with E-state index in [1.165, 1.54) is 25.0 Å². The van der Waals surface area contributed by atoms with Gasteiger partial charge in [-0.25, -0.2) is 4.39 Å². The largest absolute Gasteiger partial charge is 0.325 e. The molecule has 0 atom stereocenters. The van der Waals surface area contributed by atoms with Crippen LogP contribution < -0.4 is 5.73 Å². The quantitative estimate of drug-likeness (QED) is 0.518. The molecule has 0 amide bonds. The van der Waals surface area contributed by atoms with Crippen molar-refractivity contribution in [3.8, 4) is 0 Å². The Labute approximate surface area is 112 Å². The van der Waals surface area contributed by atoms with E-state index in [4.69, 9.17) is 5.73 Å². The standard InChI is InChI=1S/C14H19FN2O2/c15-12-7-11(8-13(9-12)17(18)19)10-14(16)5-3-1-2-4-6-14/h7-9H,1-6,10,16H2. The Hall–Kier alpha value is -1.49. The van der Waals surface area contributed by atoms with Crippen LogP contribution in [0.15, 0.2) is 18.2 Å². The molecular weight excluding hydrogens is 247 g/mol. The van der Waals surface area contributed by atoms with Crippen molar-refractivity contribution in [2.45, 2.75) is 50.5 Å². The maximum Gasteiger partial charge on any atom is 0.272 e. The van der Waals surface area contributed by atoms with E-state index < -0.39 is 10.7 Å². The number of nitrogens with zero attached hydrogens (tertiary/aromatic N) is 1. The molecule has 0 spiro atoms. The van der Waals surface area contributed by atoms with Crippen molar-refractivity contribution >= 4 is 5.69 Å². The van der Waals surface area contributed by atoms with Crippen LogP contribution in [0.25, 0.3) is 0 Å². The number of nitrogens with two attached hydrogens (primary N) is 1. The molecule has 0 radical (unpaired) electrons. The first kappa shape index (κ1) is 13.9. The third kappa shape index (κ3) is 3.73. The van der Waals surface area contributed by atoms with E-state index in [-0.39, 0.29) is 11.2 Å². The molecule has 0 bridgehead atoms.